The first-order chi connectivity index (χ1) is 13.7. The van der Waals surface area contributed by atoms with Gasteiger partial charge in [-0.25, -0.2) is 4.98 Å². The number of carbonyl (C=O) groups is 1. The molecule has 2 heterocycles. The largest absolute Gasteiger partial charge is 0.466 e. The van der Waals surface area contributed by atoms with Crippen LogP contribution in [0.2, 0.25) is 0 Å². The highest BCUT2D eigenvalue weighted by Crippen LogP contribution is 2.23. The van der Waals surface area contributed by atoms with Crippen LogP contribution >= 0.6 is 11.3 Å². The lowest BCUT2D eigenvalue weighted by molar-refractivity contribution is -0.149. The number of hydrogen-bond acceptors (Lipinski definition) is 5. The van der Waals surface area contributed by atoms with Crippen molar-refractivity contribution < 1.29 is 9.53 Å². The first-order valence-electron chi connectivity index (χ1n) is 9.83. The summed E-state index contributed by atoms with van der Waals surface area (Å²) in [4.78, 5) is 23.3. The number of ether oxygens (including phenoxy) is 1. The van der Waals surface area contributed by atoms with Crippen LogP contribution in [0, 0.1) is 5.92 Å². The molecule has 28 heavy (non-hydrogen) atoms. The number of aromatic nitrogens is 1. The van der Waals surface area contributed by atoms with Crippen LogP contribution in [0.5, 0.6) is 0 Å². The average Bonchev–Trinajstić information content (AvgIpc) is 3.21. The van der Waals surface area contributed by atoms with Crippen LogP contribution < -0.4 is 5.32 Å². The zero-order valence-corrected chi connectivity index (χ0v) is 17.4. The van der Waals surface area contributed by atoms with Gasteiger partial charge in [-0.2, -0.15) is 0 Å². The summed E-state index contributed by atoms with van der Waals surface area (Å²) in [6.07, 6.45) is 2.68. The molecular weight excluding hydrogens is 372 g/mol. The fourth-order valence-electron chi connectivity index (χ4n) is 3.39. The van der Waals surface area contributed by atoms with Crippen LogP contribution in [-0.4, -0.2) is 55.1 Å². The second kappa shape index (κ2) is 10.2. The summed E-state index contributed by atoms with van der Waals surface area (Å²) in [6.45, 7) is 4.60. The minimum absolute atomic E-state index is 0.0702. The summed E-state index contributed by atoms with van der Waals surface area (Å²) in [7, 11) is 1.78. The third kappa shape index (κ3) is 5.32. The third-order valence-corrected chi connectivity index (χ3v) is 5.73. The molecule has 0 spiro atoms. The van der Waals surface area contributed by atoms with E-state index in [9.17, 15) is 4.79 Å². The van der Waals surface area contributed by atoms with Crippen molar-refractivity contribution in [2.45, 2.75) is 26.2 Å². The van der Waals surface area contributed by atoms with Crippen molar-refractivity contribution in [3.63, 3.8) is 0 Å². The van der Waals surface area contributed by atoms with Gasteiger partial charge in [-0.3, -0.25) is 9.79 Å². The van der Waals surface area contributed by atoms with Crippen molar-refractivity contribution in [2.24, 2.45) is 10.9 Å². The molecular formula is C21H28N4O2S. The summed E-state index contributed by atoms with van der Waals surface area (Å²) in [5, 5.41) is 6.58. The van der Waals surface area contributed by atoms with Crippen molar-refractivity contribution >= 4 is 23.3 Å². The van der Waals surface area contributed by atoms with Crippen LogP contribution in [0.3, 0.4) is 0 Å². The van der Waals surface area contributed by atoms with E-state index in [0.717, 1.165) is 54.6 Å². The molecule has 1 aromatic carbocycles. The summed E-state index contributed by atoms with van der Waals surface area (Å²) in [5.41, 5.74) is 2.23. The molecule has 3 rings (SSSR count). The number of nitrogens with one attached hydrogen (secondary N) is 1. The number of aliphatic imine (C=N–C) groups is 1. The lowest BCUT2D eigenvalue weighted by Gasteiger charge is -2.33. The molecule has 0 aliphatic carbocycles. The average molecular weight is 401 g/mol. The number of nitrogens with zero attached hydrogens (tertiary/aromatic N) is 3. The maximum atomic E-state index is 12.1. The van der Waals surface area contributed by atoms with E-state index in [2.05, 4.69) is 32.7 Å². The number of esters is 1. The van der Waals surface area contributed by atoms with Crippen molar-refractivity contribution in [1.29, 1.82) is 0 Å². The predicted octanol–water partition coefficient (Wildman–Crippen LogP) is 3.20. The second-order valence-electron chi connectivity index (χ2n) is 6.77. The predicted molar refractivity (Wildman–Crippen MR) is 114 cm³/mol. The SMILES string of the molecule is CCOC(=O)[C@H]1CCCN(C(=NC)NCCc2csc(-c3ccccc3)n2)C1. The quantitative estimate of drug-likeness (QED) is 0.458. The van der Waals surface area contributed by atoms with E-state index in [0.29, 0.717) is 13.2 Å². The van der Waals surface area contributed by atoms with E-state index in [1.807, 2.05) is 25.1 Å². The van der Waals surface area contributed by atoms with Crippen LogP contribution in [0.1, 0.15) is 25.5 Å². The van der Waals surface area contributed by atoms with Gasteiger partial charge in [-0.15, -0.1) is 11.3 Å². The Kier molecular flexibility index (Phi) is 7.42. The Morgan fingerprint density at radius 3 is 2.96 bits per heavy atom. The first-order valence-corrected chi connectivity index (χ1v) is 10.7. The molecule has 1 aliphatic heterocycles. The summed E-state index contributed by atoms with van der Waals surface area (Å²) >= 11 is 1.67. The van der Waals surface area contributed by atoms with Gasteiger partial charge in [0, 0.05) is 44.0 Å². The Morgan fingerprint density at radius 2 is 2.21 bits per heavy atom. The van der Waals surface area contributed by atoms with Gasteiger partial charge < -0.3 is 15.0 Å². The van der Waals surface area contributed by atoms with Gasteiger partial charge in [-0.1, -0.05) is 30.3 Å². The number of hydrogen-bond donors (Lipinski definition) is 1. The maximum Gasteiger partial charge on any atom is 0.310 e. The molecule has 0 unspecified atom stereocenters. The molecule has 1 atom stereocenters. The van der Waals surface area contributed by atoms with Gasteiger partial charge in [0.2, 0.25) is 0 Å². The van der Waals surface area contributed by atoms with Crippen molar-refractivity contribution in [2.75, 3.05) is 33.3 Å². The number of rotatable bonds is 6. The van der Waals surface area contributed by atoms with E-state index in [1.165, 1.54) is 0 Å². The van der Waals surface area contributed by atoms with Gasteiger partial charge in [-0.05, 0) is 19.8 Å². The fourth-order valence-corrected chi connectivity index (χ4v) is 4.25. The molecule has 7 heteroatoms. The number of likely N-dealkylation sites (tertiary alicyclic amines) is 1. The molecule has 1 N–H and O–H groups in total. The minimum atomic E-state index is -0.0985. The zero-order valence-electron chi connectivity index (χ0n) is 16.6. The molecule has 0 amide bonds. The molecule has 0 saturated carbocycles. The third-order valence-electron chi connectivity index (χ3n) is 4.79. The van der Waals surface area contributed by atoms with E-state index >= 15 is 0 Å². The van der Waals surface area contributed by atoms with Gasteiger partial charge in [0.25, 0.3) is 0 Å². The van der Waals surface area contributed by atoms with Crippen molar-refractivity contribution in [3.05, 3.63) is 41.4 Å². The summed E-state index contributed by atoms with van der Waals surface area (Å²) < 4.78 is 5.19. The van der Waals surface area contributed by atoms with Crippen LogP contribution in [0.25, 0.3) is 10.6 Å². The van der Waals surface area contributed by atoms with E-state index in [1.54, 1.807) is 18.4 Å². The highest BCUT2D eigenvalue weighted by molar-refractivity contribution is 7.13. The Balaban J connectivity index is 1.51. The van der Waals surface area contributed by atoms with Crippen LogP contribution in [-0.2, 0) is 16.0 Å². The Bertz CT molecular complexity index is 791. The summed E-state index contributed by atoms with van der Waals surface area (Å²) in [5.74, 6) is 0.672. The number of piperidine rings is 1. The highest BCUT2D eigenvalue weighted by Gasteiger charge is 2.28. The number of thiazole rings is 1. The number of benzene rings is 1. The lowest BCUT2D eigenvalue weighted by atomic mass is 9.98. The zero-order chi connectivity index (χ0) is 19.8. The van der Waals surface area contributed by atoms with Gasteiger partial charge >= 0.3 is 5.97 Å². The minimum Gasteiger partial charge on any atom is -0.466 e. The molecule has 1 aliphatic rings. The normalized spacial score (nSPS) is 17.4. The molecule has 1 fully saturated rings. The number of guanidine groups is 1. The topological polar surface area (TPSA) is 66.8 Å². The van der Waals surface area contributed by atoms with E-state index in [4.69, 9.17) is 9.72 Å². The Morgan fingerprint density at radius 1 is 1.39 bits per heavy atom. The Labute approximate surface area is 170 Å². The van der Waals surface area contributed by atoms with E-state index in [-0.39, 0.29) is 11.9 Å². The second-order valence-corrected chi connectivity index (χ2v) is 7.63. The van der Waals surface area contributed by atoms with Gasteiger partial charge in [0.15, 0.2) is 5.96 Å². The smallest absolute Gasteiger partial charge is 0.310 e. The molecule has 6 nitrogen and oxygen atoms in total. The van der Waals surface area contributed by atoms with Crippen molar-refractivity contribution in [1.82, 2.24) is 15.2 Å². The van der Waals surface area contributed by atoms with Gasteiger partial charge in [0.1, 0.15) is 5.01 Å². The van der Waals surface area contributed by atoms with Crippen LogP contribution in [0.15, 0.2) is 40.7 Å². The van der Waals surface area contributed by atoms with Crippen molar-refractivity contribution in [3.8, 4) is 10.6 Å². The molecule has 150 valence electrons. The van der Waals surface area contributed by atoms with Gasteiger partial charge in [0.05, 0.1) is 18.2 Å². The summed E-state index contributed by atoms with van der Waals surface area (Å²) in [6, 6.07) is 10.2. The molecule has 0 bridgehead atoms. The molecule has 1 aromatic heterocycles. The fraction of sp³-hybridized carbons (Fsp3) is 0.476. The van der Waals surface area contributed by atoms with E-state index < -0.39 is 0 Å². The van der Waals surface area contributed by atoms with Crippen LogP contribution in [0.4, 0.5) is 0 Å². The monoisotopic (exact) mass is 400 g/mol. The maximum absolute atomic E-state index is 12.1. The Hall–Kier alpha value is -2.41. The highest BCUT2D eigenvalue weighted by atomic mass is 32.1. The molecule has 0 radical (unpaired) electrons. The number of carbonyl (C=O) groups excluding carboxylic acids is 1. The molecule has 1 saturated heterocycles. The molecule has 2 aromatic rings. The lowest BCUT2D eigenvalue weighted by Crippen LogP contribution is -2.48. The first kappa shape index (κ1) is 20.3. The standard InChI is InChI=1S/C21H28N4O2S/c1-3-27-20(26)17-10-7-13-25(14-17)21(22-2)23-12-11-18-15-28-19(24-18)16-8-5-4-6-9-16/h4-6,8-9,15,17H,3,7,10-14H2,1-2H3,(H,22,23)/t17-/m0/s1.